The molecule has 0 radical (unpaired) electrons. The van der Waals surface area contributed by atoms with E-state index in [1.807, 2.05) is 0 Å². The Labute approximate surface area is 76.3 Å². The van der Waals surface area contributed by atoms with Gasteiger partial charge in [-0.2, -0.15) is 8.42 Å². The first-order valence-electron chi connectivity index (χ1n) is 4.73. The maximum atomic E-state index is 11.4. The molecular weight excluding hydrogens is 176 g/mol. The van der Waals surface area contributed by atoms with Crippen molar-refractivity contribution < 1.29 is 16.7 Å². The van der Waals surface area contributed by atoms with E-state index < -0.39 is 17.2 Å². The Balaban J connectivity index is 3.02. The Hall–Kier alpha value is -0.870. The SMILES string of the molecule is [3H]C([3H])([3H])OS(=O)(=O)c1ccc(C)cc1. The number of aryl methyl sites for hydroxylation is 1. The van der Waals surface area contributed by atoms with Gasteiger partial charge >= 0.3 is 0 Å². The molecule has 0 spiro atoms. The van der Waals surface area contributed by atoms with Gasteiger partial charge in [-0.3, -0.25) is 4.18 Å². The van der Waals surface area contributed by atoms with Crippen LogP contribution in [0.25, 0.3) is 0 Å². The summed E-state index contributed by atoms with van der Waals surface area (Å²) < 4.78 is 46.9. The van der Waals surface area contributed by atoms with Crippen molar-refractivity contribution in [3.8, 4) is 0 Å². The molecule has 0 saturated heterocycles. The van der Waals surface area contributed by atoms with E-state index in [1.54, 1.807) is 19.1 Å². The molecule has 12 heavy (non-hydrogen) atoms. The van der Waals surface area contributed by atoms with E-state index in [2.05, 4.69) is 4.18 Å². The summed E-state index contributed by atoms with van der Waals surface area (Å²) in [6.45, 7) is 1.79. The summed E-state index contributed by atoms with van der Waals surface area (Å²) in [6, 6.07) is 5.73. The maximum absolute atomic E-state index is 11.4. The summed E-state index contributed by atoms with van der Waals surface area (Å²) >= 11 is 0. The van der Waals surface area contributed by atoms with Crippen molar-refractivity contribution in [2.24, 2.45) is 0 Å². The van der Waals surface area contributed by atoms with Crippen LogP contribution in [0.2, 0.25) is 0 Å². The molecular formula is C8H10O3S. The lowest BCUT2D eigenvalue weighted by Crippen LogP contribution is -2.02. The Morgan fingerprint density at radius 3 is 2.42 bits per heavy atom. The van der Waals surface area contributed by atoms with Crippen molar-refractivity contribution in [2.45, 2.75) is 11.8 Å². The molecule has 1 aromatic carbocycles. The minimum Gasteiger partial charge on any atom is -0.270 e. The van der Waals surface area contributed by atoms with Crippen LogP contribution in [0.3, 0.4) is 0 Å². The van der Waals surface area contributed by atoms with Crippen LogP contribution in [0, 0.1) is 6.92 Å². The van der Waals surface area contributed by atoms with E-state index in [0.717, 1.165) is 5.56 Å². The van der Waals surface area contributed by atoms with Gasteiger partial charge in [-0.25, -0.2) is 0 Å². The average Bonchev–Trinajstić information content (AvgIpc) is 2.00. The van der Waals surface area contributed by atoms with Crippen molar-refractivity contribution >= 4 is 10.1 Å². The molecule has 1 aromatic rings. The lowest BCUT2D eigenvalue weighted by atomic mass is 10.2. The predicted molar refractivity (Wildman–Crippen MR) is 45.4 cm³/mol. The first kappa shape index (κ1) is 5.72. The van der Waals surface area contributed by atoms with Gasteiger partial charge in [0.1, 0.15) is 0 Å². The molecule has 0 amide bonds. The van der Waals surface area contributed by atoms with Crippen LogP contribution < -0.4 is 0 Å². The van der Waals surface area contributed by atoms with Gasteiger partial charge in [0.15, 0.2) is 0 Å². The van der Waals surface area contributed by atoms with Gasteiger partial charge in [0.2, 0.25) is 0 Å². The number of benzene rings is 1. The Morgan fingerprint density at radius 1 is 1.33 bits per heavy atom. The molecule has 4 heteroatoms. The van der Waals surface area contributed by atoms with Crippen LogP contribution in [0.4, 0.5) is 0 Å². The van der Waals surface area contributed by atoms with Crippen LogP contribution in [-0.4, -0.2) is 15.5 Å². The molecule has 0 aliphatic heterocycles. The van der Waals surface area contributed by atoms with Crippen molar-refractivity contribution in [3.63, 3.8) is 0 Å². The lowest BCUT2D eigenvalue weighted by molar-refractivity contribution is 0.398. The smallest absolute Gasteiger partial charge is 0.270 e. The summed E-state index contributed by atoms with van der Waals surface area (Å²) in [5.74, 6) is 0. The molecule has 0 heterocycles. The topological polar surface area (TPSA) is 43.4 Å². The number of hydrogen-bond donors (Lipinski definition) is 0. The lowest BCUT2D eigenvalue weighted by Gasteiger charge is -2.00. The molecule has 0 aliphatic carbocycles. The zero-order chi connectivity index (χ0) is 11.7. The van der Waals surface area contributed by atoms with Crippen molar-refractivity contribution in [1.29, 1.82) is 0 Å². The molecule has 0 bridgehead atoms. The molecule has 0 aromatic heterocycles. The maximum Gasteiger partial charge on any atom is 0.296 e. The van der Waals surface area contributed by atoms with Crippen LogP contribution in [0.15, 0.2) is 29.2 Å². The first-order chi connectivity index (χ1) is 6.71. The van der Waals surface area contributed by atoms with Gasteiger partial charge < -0.3 is 0 Å². The quantitative estimate of drug-likeness (QED) is 0.664. The fourth-order valence-electron chi connectivity index (χ4n) is 0.753. The highest BCUT2D eigenvalue weighted by molar-refractivity contribution is 7.86. The monoisotopic (exact) mass is 192 g/mol. The zero-order valence-corrected chi connectivity index (χ0v) is 7.26. The van der Waals surface area contributed by atoms with Crippen molar-refractivity contribution in [3.05, 3.63) is 29.8 Å². The molecule has 0 fully saturated rings. The van der Waals surface area contributed by atoms with Gasteiger partial charge in [-0.15, -0.1) is 0 Å². The largest absolute Gasteiger partial charge is 0.296 e. The third-order valence-corrected chi connectivity index (χ3v) is 2.49. The molecule has 3 nitrogen and oxygen atoms in total. The Kier molecular flexibility index (Phi) is 1.55. The summed E-state index contributed by atoms with van der Waals surface area (Å²) in [6.07, 6.45) is 0. The van der Waals surface area contributed by atoms with Crippen LogP contribution in [0.1, 0.15) is 9.68 Å². The van der Waals surface area contributed by atoms with Crippen LogP contribution in [0.5, 0.6) is 0 Å². The van der Waals surface area contributed by atoms with Crippen molar-refractivity contribution in [1.82, 2.24) is 0 Å². The number of hydrogen-bond acceptors (Lipinski definition) is 3. The van der Waals surface area contributed by atoms with Crippen LogP contribution >= 0.6 is 0 Å². The summed E-state index contributed by atoms with van der Waals surface area (Å²) in [4.78, 5) is -0.163. The van der Waals surface area contributed by atoms with E-state index in [-0.39, 0.29) is 4.90 Å². The third-order valence-electron chi connectivity index (χ3n) is 1.42. The van der Waals surface area contributed by atoms with E-state index >= 15 is 0 Å². The van der Waals surface area contributed by atoms with E-state index in [0.29, 0.717) is 0 Å². The van der Waals surface area contributed by atoms with Gasteiger partial charge in [0.05, 0.1) is 16.0 Å². The minimum absolute atomic E-state index is 0.163. The van der Waals surface area contributed by atoms with Gasteiger partial charge in [-0.1, -0.05) is 17.7 Å². The zero-order valence-electron chi connectivity index (χ0n) is 9.44. The summed E-state index contributed by atoms with van der Waals surface area (Å²) in [5.41, 5.74) is 0.878. The molecule has 0 unspecified atom stereocenters. The van der Waals surface area contributed by atoms with Gasteiger partial charge in [0.25, 0.3) is 10.1 Å². The fraction of sp³-hybridized carbons (Fsp3) is 0.250. The molecule has 0 saturated carbocycles. The highest BCUT2D eigenvalue weighted by Gasteiger charge is 2.10. The molecule has 66 valence electrons. The van der Waals surface area contributed by atoms with Crippen LogP contribution in [-0.2, 0) is 14.3 Å². The average molecular weight is 192 g/mol. The highest BCUT2D eigenvalue weighted by Crippen LogP contribution is 2.11. The van der Waals surface area contributed by atoms with Crippen molar-refractivity contribution in [2.75, 3.05) is 7.04 Å². The predicted octanol–water partition coefficient (Wildman–Crippen LogP) is 1.33. The van der Waals surface area contributed by atoms with E-state index in [1.165, 1.54) is 12.1 Å². The second-order valence-corrected chi connectivity index (χ2v) is 3.90. The molecule has 0 aliphatic rings. The van der Waals surface area contributed by atoms with E-state index in [9.17, 15) is 8.42 Å². The first-order valence-corrected chi connectivity index (χ1v) is 4.64. The second-order valence-electron chi connectivity index (χ2n) is 2.35. The number of rotatable bonds is 2. The third kappa shape index (κ3) is 1.84. The normalized spacial score (nSPS) is 16.2. The summed E-state index contributed by atoms with van der Waals surface area (Å²) in [5, 5.41) is 0. The van der Waals surface area contributed by atoms with Gasteiger partial charge in [-0.05, 0) is 19.1 Å². The van der Waals surface area contributed by atoms with E-state index in [4.69, 9.17) is 4.11 Å². The highest BCUT2D eigenvalue weighted by atomic mass is 32.2. The minimum atomic E-state index is -4.20. The standard InChI is InChI=1S/C8H10O3S/c1-7-3-5-8(6-4-7)12(9,10)11-2/h3-6H,1-2H3/i2T3. The fourth-order valence-corrected chi connectivity index (χ4v) is 1.32. The molecule has 0 N–H and O–H groups in total. The molecule has 0 atom stereocenters. The summed E-state index contributed by atoms with van der Waals surface area (Å²) in [7, 11) is -7.15. The Bertz CT molecular complexity index is 433. The van der Waals surface area contributed by atoms with Gasteiger partial charge in [0, 0.05) is 0 Å². The molecule has 1 rings (SSSR count). The Morgan fingerprint density at radius 2 is 1.92 bits per heavy atom. The second kappa shape index (κ2) is 3.25.